The molecule has 0 amide bonds. The molecular weight excluding hydrogens is 300 g/mol. The number of benzene rings is 1. The van der Waals surface area contributed by atoms with Gasteiger partial charge in [0.25, 0.3) is 0 Å². The van der Waals surface area contributed by atoms with Crippen molar-refractivity contribution in [3.05, 3.63) is 34.3 Å². The summed E-state index contributed by atoms with van der Waals surface area (Å²) >= 11 is 3.48. The zero-order valence-electron chi connectivity index (χ0n) is 12.2. The molecule has 0 bridgehead atoms. The molecule has 1 saturated heterocycles. The van der Waals surface area contributed by atoms with Crippen LogP contribution >= 0.6 is 15.9 Å². The zero-order valence-corrected chi connectivity index (χ0v) is 13.8. The highest BCUT2D eigenvalue weighted by Gasteiger charge is 2.23. The summed E-state index contributed by atoms with van der Waals surface area (Å²) < 4.78 is 1.16. The Bertz CT molecular complexity index is 394. The monoisotopic (exact) mass is 324 g/mol. The number of hydrogen-bond acceptors (Lipinski definition) is 2. The van der Waals surface area contributed by atoms with E-state index in [1.807, 2.05) is 0 Å². The van der Waals surface area contributed by atoms with Gasteiger partial charge in [-0.1, -0.05) is 28.1 Å². The van der Waals surface area contributed by atoms with Gasteiger partial charge < -0.3 is 5.32 Å². The van der Waals surface area contributed by atoms with E-state index in [1.165, 1.54) is 25.1 Å². The van der Waals surface area contributed by atoms with E-state index in [0.717, 1.165) is 23.5 Å². The average Bonchev–Trinajstić information content (AvgIpc) is 2.77. The highest BCUT2D eigenvalue weighted by Crippen LogP contribution is 2.19. The summed E-state index contributed by atoms with van der Waals surface area (Å²) in [6, 6.07) is 8.68. The first-order valence-electron chi connectivity index (χ1n) is 7.14. The van der Waals surface area contributed by atoms with Gasteiger partial charge in [-0.15, -0.1) is 0 Å². The number of rotatable bonds is 4. The summed E-state index contributed by atoms with van der Waals surface area (Å²) in [4.78, 5) is 2.57. The summed E-state index contributed by atoms with van der Waals surface area (Å²) in [7, 11) is 0. The molecule has 1 N–H and O–H groups in total. The normalized spacial score (nSPS) is 20.9. The Labute approximate surface area is 125 Å². The van der Waals surface area contributed by atoms with Gasteiger partial charge in [0.15, 0.2) is 0 Å². The van der Waals surface area contributed by atoms with E-state index in [0.29, 0.717) is 0 Å². The predicted octanol–water partition coefficient (Wildman–Crippen LogP) is 3.66. The molecule has 2 rings (SSSR count). The fourth-order valence-electron chi connectivity index (χ4n) is 2.52. The number of likely N-dealkylation sites (tertiary alicyclic amines) is 1. The van der Waals surface area contributed by atoms with Crippen LogP contribution in [0.25, 0.3) is 0 Å². The molecule has 19 heavy (non-hydrogen) atoms. The summed E-state index contributed by atoms with van der Waals surface area (Å²) in [5.74, 6) is 0.801. The van der Waals surface area contributed by atoms with Crippen molar-refractivity contribution in [2.24, 2.45) is 5.92 Å². The van der Waals surface area contributed by atoms with Crippen LogP contribution in [-0.2, 0) is 6.54 Å². The quantitative estimate of drug-likeness (QED) is 0.909. The van der Waals surface area contributed by atoms with E-state index in [9.17, 15) is 0 Å². The van der Waals surface area contributed by atoms with Crippen LogP contribution in [0.5, 0.6) is 0 Å². The van der Waals surface area contributed by atoms with Gasteiger partial charge in [-0.05, 0) is 63.9 Å². The Morgan fingerprint density at radius 1 is 1.26 bits per heavy atom. The molecule has 1 heterocycles. The van der Waals surface area contributed by atoms with Crippen LogP contribution in [-0.4, -0.2) is 30.1 Å². The van der Waals surface area contributed by atoms with Crippen molar-refractivity contribution in [3.63, 3.8) is 0 Å². The van der Waals surface area contributed by atoms with Gasteiger partial charge in [0.05, 0.1) is 0 Å². The van der Waals surface area contributed by atoms with E-state index in [-0.39, 0.29) is 5.54 Å². The standard InChI is InChI=1S/C16H25BrN2/c1-16(2,3)18-10-14-8-9-19(12-14)11-13-4-6-15(17)7-5-13/h4-7,14,18H,8-12H2,1-3H3. The van der Waals surface area contributed by atoms with Crippen LogP contribution in [0.2, 0.25) is 0 Å². The smallest absolute Gasteiger partial charge is 0.0233 e. The lowest BCUT2D eigenvalue weighted by Gasteiger charge is -2.23. The molecule has 0 saturated carbocycles. The first kappa shape index (κ1) is 15.0. The molecule has 1 aliphatic heterocycles. The highest BCUT2D eigenvalue weighted by molar-refractivity contribution is 9.10. The number of nitrogens with one attached hydrogen (secondary N) is 1. The van der Waals surface area contributed by atoms with Gasteiger partial charge >= 0.3 is 0 Å². The van der Waals surface area contributed by atoms with E-state index >= 15 is 0 Å². The minimum atomic E-state index is 0.235. The first-order valence-corrected chi connectivity index (χ1v) is 7.93. The molecule has 0 aliphatic carbocycles. The van der Waals surface area contributed by atoms with Crippen LogP contribution in [0.15, 0.2) is 28.7 Å². The Morgan fingerprint density at radius 2 is 1.95 bits per heavy atom. The van der Waals surface area contributed by atoms with Crippen molar-refractivity contribution < 1.29 is 0 Å². The minimum Gasteiger partial charge on any atom is -0.312 e. The molecule has 106 valence electrons. The average molecular weight is 325 g/mol. The van der Waals surface area contributed by atoms with Crippen LogP contribution in [0.1, 0.15) is 32.8 Å². The third kappa shape index (κ3) is 5.25. The van der Waals surface area contributed by atoms with E-state index in [2.05, 4.69) is 71.2 Å². The molecule has 1 aromatic rings. The van der Waals surface area contributed by atoms with E-state index in [4.69, 9.17) is 0 Å². The van der Waals surface area contributed by atoms with Crippen molar-refractivity contribution in [2.45, 2.75) is 39.3 Å². The first-order chi connectivity index (χ1) is 8.92. The molecule has 1 fully saturated rings. The Balaban J connectivity index is 1.77. The van der Waals surface area contributed by atoms with Crippen LogP contribution in [0.3, 0.4) is 0 Å². The molecular formula is C16H25BrN2. The Hall–Kier alpha value is -0.380. The van der Waals surface area contributed by atoms with Gasteiger partial charge in [0.2, 0.25) is 0 Å². The third-order valence-electron chi connectivity index (χ3n) is 3.61. The Kier molecular flexibility index (Phi) is 5.04. The maximum Gasteiger partial charge on any atom is 0.0233 e. The third-order valence-corrected chi connectivity index (χ3v) is 4.14. The molecule has 1 aromatic carbocycles. The van der Waals surface area contributed by atoms with Gasteiger partial charge in [0.1, 0.15) is 0 Å². The van der Waals surface area contributed by atoms with Crippen molar-refractivity contribution in [2.75, 3.05) is 19.6 Å². The molecule has 0 radical (unpaired) electrons. The second-order valence-electron chi connectivity index (χ2n) is 6.65. The number of hydrogen-bond donors (Lipinski definition) is 1. The van der Waals surface area contributed by atoms with Gasteiger partial charge in [-0.25, -0.2) is 0 Å². The molecule has 3 heteroatoms. The largest absolute Gasteiger partial charge is 0.312 e. The van der Waals surface area contributed by atoms with Crippen LogP contribution in [0, 0.1) is 5.92 Å². The maximum atomic E-state index is 3.62. The lowest BCUT2D eigenvalue weighted by Crippen LogP contribution is -2.39. The van der Waals surface area contributed by atoms with Crippen molar-refractivity contribution >= 4 is 15.9 Å². The SMILES string of the molecule is CC(C)(C)NCC1CCN(Cc2ccc(Br)cc2)C1. The molecule has 0 aromatic heterocycles. The zero-order chi connectivity index (χ0) is 13.9. The fraction of sp³-hybridized carbons (Fsp3) is 0.625. The second kappa shape index (κ2) is 6.38. The molecule has 1 aliphatic rings. The molecule has 1 unspecified atom stereocenters. The lowest BCUT2D eigenvalue weighted by molar-refractivity contribution is 0.305. The summed E-state index contributed by atoms with van der Waals surface area (Å²) in [6.07, 6.45) is 1.32. The maximum absolute atomic E-state index is 3.62. The fourth-order valence-corrected chi connectivity index (χ4v) is 2.79. The van der Waals surface area contributed by atoms with Crippen LogP contribution in [0.4, 0.5) is 0 Å². The Morgan fingerprint density at radius 3 is 2.58 bits per heavy atom. The number of halogens is 1. The summed E-state index contributed by atoms with van der Waals surface area (Å²) in [6.45, 7) is 11.4. The molecule has 2 nitrogen and oxygen atoms in total. The van der Waals surface area contributed by atoms with E-state index < -0.39 is 0 Å². The van der Waals surface area contributed by atoms with Gasteiger partial charge in [-0.3, -0.25) is 4.90 Å². The highest BCUT2D eigenvalue weighted by atomic mass is 79.9. The topological polar surface area (TPSA) is 15.3 Å². The van der Waals surface area contributed by atoms with Gasteiger partial charge in [-0.2, -0.15) is 0 Å². The van der Waals surface area contributed by atoms with Crippen molar-refractivity contribution in [3.8, 4) is 0 Å². The minimum absolute atomic E-state index is 0.235. The lowest BCUT2D eigenvalue weighted by atomic mass is 10.1. The van der Waals surface area contributed by atoms with Gasteiger partial charge in [0, 0.05) is 23.1 Å². The molecule has 1 atom stereocenters. The van der Waals surface area contributed by atoms with Crippen LogP contribution < -0.4 is 5.32 Å². The van der Waals surface area contributed by atoms with E-state index in [1.54, 1.807) is 0 Å². The second-order valence-corrected chi connectivity index (χ2v) is 7.56. The summed E-state index contributed by atoms with van der Waals surface area (Å²) in [5.41, 5.74) is 1.65. The number of nitrogens with zero attached hydrogens (tertiary/aromatic N) is 1. The van der Waals surface area contributed by atoms with Crippen molar-refractivity contribution in [1.82, 2.24) is 10.2 Å². The predicted molar refractivity (Wildman–Crippen MR) is 85.3 cm³/mol. The van der Waals surface area contributed by atoms with Crippen molar-refractivity contribution in [1.29, 1.82) is 0 Å². The summed E-state index contributed by atoms with van der Waals surface area (Å²) in [5, 5.41) is 3.62. The molecule has 0 spiro atoms.